The van der Waals surface area contributed by atoms with Gasteiger partial charge >= 0.3 is 0 Å². The second kappa shape index (κ2) is 10.1. The Morgan fingerprint density at radius 1 is 1.04 bits per heavy atom. The number of methoxy groups -OCH3 is 1. The van der Waals surface area contributed by atoms with Gasteiger partial charge in [0, 0.05) is 11.0 Å². The van der Waals surface area contributed by atoms with Crippen LogP contribution in [0, 0.1) is 0 Å². The first kappa shape index (κ1) is 18.5. The van der Waals surface area contributed by atoms with Gasteiger partial charge in [-0.15, -0.1) is 0 Å². The van der Waals surface area contributed by atoms with E-state index < -0.39 is 0 Å². The van der Waals surface area contributed by atoms with Gasteiger partial charge in [-0.25, -0.2) is 0 Å². The average Bonchev–Trinajstić information content (AvgIpc) is 2.64. The van der Waals surface area contributed by atoms with Crippen LogP contribution < -0.4 is 9.47 Å². The van der Waals surface area contributed by atoms with Crippen molar-refractivity contribution < 1.29 is 9.47 Å². The summed E-state index contributed by atoms with van der Waals surface area (Å²) in [6.07, 6.45) is 5.19. The molecule has 0 fully saturated rings. The van der Waals surface area contributed by atoms with Crippen molar-refractivity contribution in [2.45, 2.75) is 31.0 Å². The molecular formula is C20H24BrNO2. The topological polar surface area (TPSA) is 30.8 Å². The highest BCUT2D eigenvalue weighted by molar-refractivity contribution is 9.09. The molecule has 0 saturated carbocycles. The average molecular weight is 390 g/mol. The van der Waals surface area contributed by atoms with Gasteiger partial charge in [-0.05, 0) is 73.4 Å². The molecule has 1 unspecified atom stereocenters. The Morgan fingerprint density at radius 2 is 1.71 bits per heavy atom. The number of hydrogen-bond acceptors (Lipinski definition) is 3. The fraction of sp³-hybridized carbons (Fsp3) is 0.350. The minimum atomic E-state index is 0.593. The molecule has 0 aromatic heterocycles. The van der Waals surface area contributed by atoms with Crippen LogP contribution in [-0.4, -0.2) is 24.8 Å². The van der Waals surface area contributed by atoms with Gasteiger partial charge in [0.1, 0.15) is 11.5 Å². The number of hydrogen-bond donors (Lipinski definition) is 0. The van der Waals surface area contributed by atoms with Crippen molar-refractivity contribution >= 4 is 27.8 Å². The highest BCUT2D eigenvalue weighted by atomic mass is 79.9. The van der Waals surface area contributed by atoms with E-state index in [1.807, 2.05) is 54.7 Å². The predicted octanol–water partition coefficient (Wildman–Crippen LogP) is 5.78. The molecule has 0 aliphatic heterocycles. The lowest BCUT2D eigenvalue weighted by Crippen LogP contribution is -2.02. The third kappa shape index (κ3) is 6.36. The van der Waals surface area contributed by atoms with Crippen LogP contribution in [0.2, 0.25) is 0 Å². The second-order valence-electron chi connectivity index (χ2n) is 5.52. The maximum atomic E-state index is 5.76. The Balaban J connectivity index is 1.81. The van der Waals surface area contributed by atoms with E-state index in [-0.39, 0.29) is 0 Å². The molecule has 2 rings (SSSR count). The van der Waals surface area contributed by atoms with Gasteiger partial charge in [-0.2, -0.15) is 0 Å². The molecule has 0 aliphatic carbocycles. The van der Waals surface area contributed by atoms with Crippen molar-refractivity contribution in [2.75, 3.05) is 13.7 Å². The molecule has 128 valence electrons. The third-order valence-corrected chi connectivity index (χ3v) is 4.79. The Kier molecular flexibility index (Phi) is 7.83. The molecule has 0 saturated heterocycles. The maximum absolute atomic E-state index is 5.76. The summed E-state index contributed by atoms with van der Waals surface area (Å²) in [4.78, 5) is 5.07. The monoisotopic (exact) mass is 389 g/mol. The van der Waals surface area contributed by atoms with Crippen LogP contribution >= 0.6 is 15.9 Å². The number of ether oxygens (including phenoxy) is 2. The lowest BCUT2D eigenvalue weighted by Gasteiger charge is -2.08. The Labute approximate surface area is 152 Å². The van der Waals surface area contributed by atoms with Crippen LogP contribution in [0.15, 0.2) is 53.5 Å². The van der Waals surface area contributed by atoms with E-state index >= 15 is 0 Å². The van der Waals surface area contributed by atoms with E-state index in [9.17, 15) is 0 Å². The molecule has 3 nitrogen and oxygen atoms in total. The van der Waals surface area contributed by atoms with Crippen LogP contribution in [0.4, 0.5) is 5.69 Å². The normalized spacial score (nSPS) is 12.3. The fourth-order valence-electron chi connectivity index (χ4n) is 2.17. The SMILES string of the molecule is CCC(Br)CCCOc1ccc(N=Cc2ccc(OC)cc2)cc1. The van der Waals surface area contributed by atoms with Crippen LogP contribution in [0.3, 0.4) is 0 Å². The maximum Gasteiger partial charge on any atom is 0.119 e. The highest BCUT2D eigenvalue weighted by Gasteiger charge is 2.01. The molecule has 1 atom stereocenters. The number of nitrogens with zero attached hydrogens (tertiary/aromatic N) is 1. The number of rotatable bonds is 9. The first-order valence-electron chi connectivity index (χ1n) is 8.26. The zero-order valence-electron chi connectivity index (χ0n) is 14.2. The summed E-state index contributed by atoms with van der Waals surface area (Å²) >= 11 is 3.64. The summed E-state index contributed by atoms with van der Waals surface area (Å²) in [5, 5.41) is 0. The summed E-state index contributed by atoms with van der Waals surface area (Å²) < 4.78 is 10.9. The van der Waals surface area contributed by atoms with E-state index in [2.05, 4.69) is 27.8 Å². The van der Waals surface area contributed by atoms with Crippen molar-refractivity contribution in [1.82, 2.24) is 0 Å². The van der Waals surface area contributed by atoms with Crippen molar-refractivity contribution in [3.63, 3.8) is 0 Å². The molecule has 2 aromatic carbocycles. The van der Waals surface area contributed by atoms with Crippen LogP contribution in [0.1, 0.15) is 31.7 Å². The molecule has 0 heterocycles. The van der Waals surface area contributed by atoms with E-state index in [0.29, 0.717) is 4.83 Å². The summed E-state index contributed by atoms with van der Waals surface area (Å²) in [6.45, 7) is 2.93. The predicted molar refractivity (Wildman–Crippen MR) is 104 cm³/mol. The zero-order valence-corrected chi connectivity index (χ0v) is 15.8. The summed E-state index contributed by atoms with van der Waals surface area (Å²) in [5.74, 6) is 1.74. The number of aliphatic imine (C=N–C) groups is 1. The van der Waals surface area contributed by atoms with E-state index in [4.69, 9.17) is 9.47 Å². The summed E-state index contributed by atoms with van der Waals surface area (Å²) in [7, 11) is 1.66. The second-order valence-corrected chi connectivity index (χ2v) is 6.82. The van der Waals surface area contributed by atoms with E-state index in [1.54, 1.807) is 7.11 Å². The van der Waals surface area contributed by atoms with E-state index in [0.717, 1.165) is 48.6 Å². The number of benzene rings is 2. The summed E-state index contributed by atoms with van der Waals surface area (Å²) in [6, 6.07) is 15.7. The molecule has 0 bridgehead atoms. The minimum absolute atomic E-state index is 0.593. The van der Waals surface area contributed by atoms with Crippen molar-refractivity contribution in [3.8, 4) is 11.5 Å². The van der Waals surface area contributed by atoms with Gasteiger partial charge in [-0.3, -0.25) is 4.99 Å². The lowest BCUT2D eigenvalue weighted by molar-refractivity contribution is 0.306. The smallest absolute Gasteiger partial charge is 0.119 e. The van der Waals surface area contributed by atoms with Crippen molar-refractivity contribution in [1.29, 1.82) is 0 Å². The molecule has 24 heavy (non-hydrogen) atoms. The van der Waals surface area contributed by atoms with Crippen LogP contribution in [0.25, 0.3) is 0 Å². The first-order valence-corrected chi connectivity index (χ1v) is 9.18. The van der Waals surface area contributed by atoms with Gasteiger partial charge in [0.2, 0.25) is 0 Å². The molecule has 0 amide bonds. The number of alkyl halides is 1. The number of halogens is 1. The molecule has 0 aliphatic rings. The standard InChI is InChI=1S/C20H24BrNO2/c1-3-17(21)5-4-14-24-20-12-8-18(9-13-20)22-15-16-6-10-19(23-2)11-7-16/h6-13,15,17H,3-5,14H2,1-2H3. The van der Waals surface area contributed by atoms with Gasteiger partial charge in [0.05, 0.1) is 19.4 Å². The molecule has 4 heteroatoms. The molecule has 0 N–H and O–H groups in total. The van der Waals surface area contributed by atoms with Crippen molar-refractivity contribution in [3.05, 3.63) is 54.1 Å². The van der Waals surface area contributed by atoms with Crippen molar-refractivity contribution in [2.24, 2.45) is 4.99 Å². The Bertz CT molecular complexity index is 623. The highest BCUT2D eigenvalue weighted by Crippen LogP contribution is 2.19. The van der Waals surface area contributed by atoms with Crippen LogP contribution in [-0.2, 0) is 0 Å². The van der Waals surface area contributed by atoms with E-state index in [1.165, 1.54) is 0 Å². The van der Waals surface area contributed by atoms with Gasteiger partial charge in [-0.1, -0.05) is 22.9 Å². The molecular weight excluding hydrogens is 366 g/mol. The zero-order chi connectivity index (χ0) is 17.2. The van der Waals surface area contributed by atoms with Gasteiger partial charge < -0.3 is 9.47 Å². The third-order valence-electron chi connectivity index (χ3n) is 3.69. The van der Waals surface area contributed by atoms with Gasteiger partial charge in [0.15, 0.2) is 0 Å². The largest absolute Gasteiger partial charge is 0.497 e. The Hall–Kier alpha value is -1.81. The van der Waals surface area contributed by atoms with Gasteiger partial charge in [0.25, 0.3) is 0 Å². The molecule has 2 aromatic rings. The lowest BCUT2D eigenvalue weighted by atomic mass is 10.2. The summed E-state index contributed by atoms with van der Waals surface area (Å²) in [5.41, 5.74) is 1.95. The first-order chi connectivity index (χ1) is 11.7. The molecule has 0 spiro atoms. The minimum Gasteiger partial charge on any atom is -0.497 e. The quantitative estimate of drug-likeness (QED) is 0.309. The Morgan fingerprint density at radius 3 is 2.33 bits per heavy atom. The fourth-order valence-corrected chi connectivity index (χ4v) is 2.49. The van der Waals surface area contributed by atoms with Crippen LogP contribution in [0.5, 0.6) is 11.5 Å². The molecule has 0 radical (unpaired) electrons.